The summed E-state index contributed by atoms with van der Waals surface area (Å²) >= 11 is 0. The summed E-state index contributed by atoms with van der Waals surface area (Å²) in [5.74, 6) is -1.13. The molecule has 2 unspecified atom stereocenters. The molecule has 3 fully saturated rings. The minimum atomic E-state index is -3.71. The van der Waals surface area contributed by atoms with Gasteiger partial charge in [-0.3, -0.25) is 14.5 Å². The van der Waals surface area contributed by atoms with E-state index in [1.165, 1.54) is 12.2 Å². The molecule has 0 aromatic rings. The molecule has 2 aliphatic carbocycles. The smallest absolute Gasteiger partial charge is 0.246 e. The maximum Gasteiger partial charge on any atom is 0.246 e. The minimum Gasteiger partial charge on any atom is -0.333 e. The Balaban J connectivity index is 1.23. The summed E-state index contributed by atoms with van der Waals surface area (Å²) in [6, 6.07) is -0.973. The molecule has 0 saturated carbocycles. The minimum absolute atomic E-state index is 0.0912. The number of rotatable bonds is 5. The van der Waals surface area contributed by atoms with Crippen LogP contribution in [0.1, 0.15) is 33.1 Å². The molecule has 0 bridgehead atoms. The van der Waals surface area contributed by atoms with Gasteiger partial charge in [-0.1, -0.05) is 32.1 Å². The second-order valence-electron chi connectivity index (χ2n) is 11.4. The van der Waals surface area contributed by atoms with Crippen LogP contribution in [0.25, 0.3) is 0 Å². The van der Waals surface area contributed by atoms with E-state index in [1.54, 1.807) is 17.1 Å². The quantitative estimate of drug-likeness (QED) is 0.518. The van der Waals surface area contributed by atoms with Gasteiger partial charge < -0.3 is 4.90 Å². The Morgan fingerprint density at radius 2 is 2.03 bits per heavy atom. The SMILES string of the molecule is CC(C)[C@H]1C(=O)N(S(C)(=O)=O)[C@H]2CCN(C(=O)/C=C/CN3CC4[C@H](CC(F)=C5C=CC(F)C[C@H]54)C3)[C@H]12. The van der Waals surface area contributed by atoms with Gasteiger partial charge in [-0.15, -0.1) is 0 Å². The van der Waals surface area contributed by atoms with Gasteiger partial charge in [-0.05, 0) is 42.1 Å². The summed E-state index contributed by atoms with van der Waals surface area (Å²) in [6.07, 6.45) is 7.56. The van der Waals surface area contributed by atoms with Crippen molar-refractivity contribution in [2.45, 2.75) is 51.4 Å². The molecule has 0 aromatic heterocycles. The first kappa shape index (κ1) is 25.6. The number of hydrogen-bond donors (Lipinski definition) is 0. The van der Waals surface area contributed by atoms with E-state index in [9.17, 15) is 26.8 Å². The Morgan fingerprint density at radius 1 is 1.28 bits per heavy atom. The van der Waals surface area contributed by atoms with Crippen molar-refractivity contribution >= 4 is 21.8 Å². The van der Waals surface area contributed by atoms with Crippen LogP contribution in [0.2, 0.25) is 0 Å². The van der Waals surface area contributed by atoms with Gasteiger partial charge in [0.25, 0.3) is 0 Å². The van der Waals surface area contributed by atoms with Crippen LogP contribution >= 0.6 is 0 Å². The first-order chi connectivity index (χ1) is 17.0. The molecule has 198 valence electrons. The van der Waals surface area contributed by atoms with E-state index in [-0.39, 0.29) is 35.4 Å². The summed E-state index contributed by atoms with van der Waals surface area (Å²) in [4.78, 5) is 29.9. The highest BCUT2D eigenvalue weighted by Crippen LogP contribution is 2.48. The van der Waals surface area contributed by atoms with Crippen molar-refractivity contribution in [3.05, 3.63) is 35.7 Å². The molecule has 3 heterocycles. The van der Waals surface area contributed by atoms with Crippen LogP contribution in [0.5, 0.6) is 0 Å². The highest BCUT2D eigenvalue weighted by Gasteiger charge is 2.58. The zero-order valence-electron chi connectivity index (χ0n) is 21.0. The van der Waals surface area contributed by atoms with Crippen LogP contribution in [0.15, 0.2) is 35.7 Å². The van der Waals surface area contributed by atoms with Gasteiger partial charge in [0.05, 0.1) is 24.3 Å². The number of carbonyl (C=O) groups is 2. The third-order valence-corrected chi connectivity index (χ3v) is 9.94. The van der Waals surface area contributed by atoms with Gasteiger partial charge in [0.1, 0.15) is 12.0 Å². The van der Waals surface area contributed by atoms with Gasteiger partial charge in [0.15, 0.2) is 0 Å². The summed E-state index contributed by atoms with van der Waals surface area (Å²) in [7, 11) is -3.71. The highest BCUT2D eigenvalue weighted by atomic mass is 32.2. The molecule has 3 saturated heterocycles. The molecular weight excluding hydrogens is 488 g/mol. The Labute approximate surface area is 211 Å². The number of carbonyl (C=O) groups excluding carboxylic acids is 2. The van der Waals surface area contributed by atoms with E-state index in [2.05, 4.69) is 4.90 Å². The zero-order chi connectivity index (χ0) is 25.9. The van der Waals surface area contributed by atoms with Crippen LogP contribution in [0, 0.1) is 29.6 Å². The summed E-state index contributed by atoms with van der Waals surface area (Å²) in [5.41, 5.74) is 0.662. The summed E-state index contributed by atoms with van der Waals surface area (Å²) < 4.78 is 54.3. The lowest BCUT2D eigenvalue weighted by molar-refractivity contribution is -0.131. The molecule has 5 rings (SSSR count). The number of likely N-dealkylation sites (tertiary alicyclic amines) is 2. The lowest BCUT2D eigenvalue weighted by atomic mass is 9.69. The van der Waals surface area contributed by atoms with E-state index in [4.69, 9.17) is 0 Å². The predicted octanol–water partition coefficient (Wildman–Crippen LogP) is 2.68. The molecule has 36 heavy (non-hydrogen) atoms. The first-order valence-electron chi connectivity index (χ1n) is 12.9. The molecule has 0 aromatic carbocycles. The van der Waals surface area contributed by atoms with Crippen LogP contribution in [0.4, 0.5) is 8.78 Å². The fourth-order valence-electron chi connectivity index (χ4n) is 7.32. The average Bonchev–Trinajstić information content (AvgIpc) is 3.44. The molecular formula is C26H35F2N3O4S. The largest absolute Gasteiger partial charge is 0.333 e. The zero-order valence-corrected chi connectivity index (χ0v) is 21.8. The van der Waals surface area contributed by atoms with Crippen molar-refractivity contribution in [3.8, 4) is 0 Å². The van der Waals surface area contributed by atoms with E-state index >= 15 is 0 Å². The number of hydrogen-bond acceptors (Lipinski definition) is 5. The van der Waals surface area contributed by atoms with Crippen molar-refractivity contribution < 1.29 is 26.8 Å². The molecule has 0 spiro atoms. The van der Waals surface area contributed by atoms with E-state index in [0.717, 1.165) is 17.1 Å². The lowest BCUT2D eigenvalue weighted by Crippen LogP contribution is -2.43. The number of sulfonamides is 1. The van der Waals surface area contributed by atoms with Gasteiger partial charge in [-0.25, -0.2) is 21.5 Å². The third-order valence-electron chi connectivity index (χ3n) is 8.78. The van der Waals surface area contributed by atoms with Crippen molar-refractivity contribution in [2.75, 3.05) is 32.4 Å². The monoisotopic (exact) mass is 523 g/mol. The van der Waals surface area contributed by atoms with Crippen LogP contribution in [-0.4, -0.2) is 85.0 Å². The number of amides is 2. The molecule has 0 radical (unpaired) electrons. The summed E-state index contributed by atoms with van der Waals surface area (Å²) in [5, 5.41) is 0. The Morgan fingerprint density at radius 3 is 2.72 bits per heavy atom. The lowest BCUT2D eigenvalue weighted by Gasteiger charge is -2.36. The highest BCUT2D eigenvalue weighted by molar-refractivity contribution is 7.88. The van der Waals surface area contributed by atoms with Crippen LogP contribution < -0.4 is 0 Å². The first-order valence-corrected chi connectivity index (χ1v) is 14.8. The van der Waals surface area contributed by atoms with Crippen molar-refractivity contribution in [2.24, 2.45) is 29.6 Å². The second-order valence-corrected chi connectivity index (χ2v) is 13.2. The fraction of sp³-hybridized carbons (Fsp3) is 0.692. The Kier molecular flexibility index (Phi) is 6.64. The van der Waals surface area contributed by atoms with E-state index < -0.39 is 40.1 Å². The van der Waals surface area contributed by atoms with Crippen LogP contribution in [0.3, 0.4) is 0 Å². The number of alkyl halides is 1. The fourth-order valence-corrected chi connectivity index (χ4v) is 8.49. The van der Waals surface area contributed by atoms with E-state index in [0.29, 0.717) is 44.5 Å². The number of allylic oxidation sites excluding steroid dienone is 4. The second kappa shape index (κ2) is 9.35. The van der Waals surface area contributed by atoms with Gasteiger partial charge in [0, 0.05) is 38.7 Å². The molecule has 7 atom stereocenters. The van der Waals surface area contributed by atoms with Gasteiger partial charge in [0.2, 0.25) is 21.8 Å². The molecule has 7 nitrogen and oxygen atoms in total. The Bertz CT molecular complexity index is 1130. The van der Waals surface area contributed by atoms with Crippen molar-refractivity contribution in [3.63, 3.8) is 0 Å². The topological polar surface area (TPSA) is 78.0 Å². The maximum atomic E-state index is 14.6. The molecule has 10 heteroatoms. The van der Waals surface area contributed by atoms with Crippen molar-refractivity contribution in [1.29, 1.82) is 0 Å². The normalized spacial score (nSPS) is 36.8. The molecule has 2 amide bonds. The predicted molar refractivity (Wildman–Crippen MR) is 131 cm³/mol. The average molecular weight is 524 g/mol. The maximum absolute atomic E-state index is 14.6. The van der Waals surface area contributed by atoms with Crippen molar-refractivity contribution in [1.82, 2.24) is 14.1 Å². The van der Waals surface area contributed by atoms with Crippen LogP contribution in [-0.2, 0) is 19.6 Å². The molecule has 3 aliphatic heterocycles. The number of fused-ring (bicyclic) bond motifs is 4. The molecule has 5 aliphatic rings. The van der Waals surface area contributed by atoms with E-state index in [1.807, 2.05) is 13.8 Å². The van der Waals surface area contributed by atoms with Gasteiger partial charge in [-0.2, -0.15) is 0 Å². The third kappa shape index (κ3) is 4.34. The van der Waals surface area contributed by atoms with Gasteiger partial charge >= 0.3 is 0 Å². The molecule has 0 N–H and O–H groups in total. The number of nitrogens with zero attached hydrogens (tertiary/aromatic N) is 3. The standard InChI is InChI=1S/C26H35F2N3O4S/c1-15(2)24-25-22(31(26(24)33)36(3,34)35)8-10-30(25)23(32)5-4-9-29-13-16-11-21(28)18-7-6-17(27)12-19(18)20(16)14-29/h4-7,15-17,19-20,22,24-25H,8-14H2,1-3H3/b5-4+/t16-,17?,19-,20?,22+,24-,25+/m1/s1. The number of halogens is 2. The Hall–Kier alpha value is -2.07. The summed E-state index contributed by atoms with van der Waals surface area (Å²) in [6.45, 7) is 6.15.